The van der Waals surface area contributed by atoms with Crippen molar-refractivity contribution in [1.29, 1.82) is 0 Å². The van der Waals surface area contributed by atoms with Gasteiger partial charge >= 0.3 is 6.18 Å². The van der Waals surface area contributed by atoms with E-state index >= 15 is 0 Å². The van der Waals surface area contributed by atoms with Gasteiger partial charge in [-0.25, -0.2) is 14.4 Å². The van der Waals surface area contributed by atoms with Crippen molar-refractivity contribution in [1.82, 2.24) is 29.9 Å². The number of carbonyl (C=O) groups excluding carboxylic acids is 1. The lowest BCUT2D eigenvalue weighted by Gasteiger charge is -2.34. The number of aromatic nitrogens is 5. The Morgan fingerprint density at radius 2 is 1.81 bits per heavy atom. The second-order valence-corrected chi connectivity index (χ2v) is 7.89. The van der Waals surface area contributed by atoms with Crippen LogP contribution in [0.4, 0.5) is 23.5 Å². The highest BCUT2D eigenvalue weighted by Crippen LogP contribution is 2.40. The minimum Gasteiger partial charge on any atom is -0.349 e. The number of nitrogens with one attached hydrogen (secondary N) is 1. The molecular formula is C20H17F4N7O. The van der Waals surface area contributed by atoms with Crippen molar-refractivity contribution in [2.75, 3.05) is 11.9 Å². The summed E-state index contributed by atoms with van der Waals surface area (Å²) < 4.78 is 52.0. The van der Waals surface area contributed by atoms with E-state index in [9.17, 15) is 22.4 Å². The van der Waals surface area contributed by atoms with Crippen molar-refractivity contribution in [3.05, 3.63) is 59.9 Å². The molecule has 32 heavy (non-hydrogen) atoms. The van der Waals surface area contributed by atoms with Crippen molar-refractivity contribution in [3.8, 4) is 5.69 Å². The van der Waals surface area contributed by atoms with Gasteiger partial charge in [0.2, 0.25) is 5.95 Å². The minimum atomic E-state index is -4.51. The first-order valence-electron chi connectivity index (χ1n) is 9.92. The van der Waals surface area contributed by atoms with Gasteiger partial charge in [0.25, 0.3) is 5.91 Å². The molecule has 1 amide bonds. The Morgan fingerprint density at radius 1 is 1.09 bits per heavy atom. The van der Waals surface area contributed by atoms with Crippen LogP contribution in [0, 0.1) is 11.7 Å². The second kappa shape index (κ2) is 7.53. The number of likely N-dealkylation sites (tertiary alicyclic amines) is 1. The average molecular weight is 447 g/mol. The second-order valence-electron chi connectivity index (χ2n) is 7.89. The van der Waals surface area contributed by atoms with Gasteiger partial charge in [0, 0.05) is 31.0 Å². The van der Waals surface area contributed by atoms with Crippen molar-refractivity contribution in [3.63, 3.8) is 0 Å². The fourth-order valence-electron chi connectivity index (χ4n) is 4.47. The topological polar surface area (TPSA) is 88.8 Å². The zero-order valence-electron chi connectivity index (χ0n) is 16.5. The molecule has 8 nitrogen and oxygen atoms in total. The lowest BCUT2D eigenvalue weighted by Crippen LogP contribution is -2.48. The average Bonchev–Trinajstić information content (AvgIpc) is 3.50. The molecular weight excluding hydrogens is 430 g/mol. The molecule has 0 spiro atoms. The number of rotatable bonds is 4. The summed E-state index contributed by atoms with van der Waals surface area (Å²) in [6.45, 7) is 0.541. The molecule has 0 unspecified atom stereocenters. The molecule has 2 bridgehead atoms. The molecule has 2 aliphatic rings. The van der Waals surface area contributed by atoms with Gasteiger partial charge in [-0.05, 0) is 30.9 Å². The maximum absolute atomic E-state index is 13.8. The molecule has 5 rings (SSSR count). The van der Waals surface area contributed by atoms with Crippen molar-refractivity contribution < 1.29 is 22.4 Å². The molecule has 166 valence electrons. The zero-order chi connectivity index (χ0) is 22.5. The van der Waals surface area contributed by atoms with Crippen LogP contribution in [0.15, 0.2) is 43.0 Å². The highest BCUT2D eigenvalue weighted by molar-refractivity contribution is 5.98. The Bertz CT molecular complexity index is 1130. The van der Waals surface area contributed by atoms with Gasteiger partial charge in [-0.15, -0.1) is 0 Å². The van der Waals surface area contributed by atoms with Crippen LogP contribution in [0.25, 0.3) is 5.69 Å². The third-order valence-corrected chi connectivity index (χ3v) is 5.86. The van der Waals surface area contributed by atoms with E-state index in [1.165, 1.54) is 35.4 Å². The highest BCUT2D eigenvalue weighted by atomic mass is 19.4. The molecule has 12 heteroatoms. The Balaban J connectivity index is 1.36. The van der Waals surface area contributed by atoms with Gasteiger partial charge in [-0.1, -0.05) is 0 Å². The fraction of sp³-hybridized carbons (Fsp3) is 0.350. The summed E-state index contributed by atoms with van der Waals surface area (Å²) in [7, 11) is 0. The number of alkyl halides is 3. The van der Waals surface area contributed by atoms with Crippen LogP contribution >= 0.6 is 0 Å². The summed E-state index contributed by atoms with van der Waals surface area (Å²) in [6, 6.07) is 3.42. The number of amides is 1. The summed E-state index contributed by atoms with van der Waals surface area (Å²) in [6.07, 6.45) is 1.31. The van der Waals surface area contributed by atoms with E-state index in [4.69, 9.17) is 0 Å². The fourth-order valence-corrected chi connectivity index (χ4v) is 4.47. The van der Waals surface area contributed by atoms with Crippen LogP contribution in [0.5, 0.6) is 0 Å². The number of hydrogen-bond donors (Lipinski definition) is 1. The Labute approximate surface area is 179 Å². The van der Waals surface area contributed by atoms with E-state index in [1.54, 1.807) is 4.90 Å². The molecule has 2 fully saturated rings. The highest BCUT2D eigenvalue weighted by Gasteiger charge is 2.47. The number of carbonyl (C=O) groups is 1. The third-order valence-electron chi connectivity index (χ3n) is 5.86. The van der Waals surface area contributed by atoms with E-state index in [-0.39, 0.29) is 41.1 Å². The molecule has 1 aliphatic heterocycles. The van der Waals surface area contributed by atoms with E-state index in [0.29, 0.717) is 6.54 Å². The van der Waals surface area contributed by atoms with Crippen molar-refractivity contribution >= 4 is 11.9 Å². The van der Waals surface area contributed by atoms with Crippen molar-refractivity contribution in [2.45, 2.75) is 31.1 Å². The van der Waals surface area contributed by atoms with E-state index in [0.717, 1.165) is 25.2 Å². The first-order chi connectivity index (χ1) is 15.3. The monoisotopic (exact) mass is 447 g/mol. The lowest BCUT2D eigenvalue weighted by molar-refractivity contribution is -0.138. The van der Waals surface area contributed by atoms with Gasteiger partial charge in [-0.2, -0.15) is 28.2 Å². The SMILES string of the molecule is O=C(c1ccc(F)cc1-n1nccn1)N1C[C@H]2C[C@@H](Nc3ncc(C(F)(F)F)cn3)[C@@H]1C2. The maximum Gasteiger partial charge on any atom is 0.419 e. The summed E-state index contributed by atoms with van der Waals surface area (Å²) in [4.78, 5) is 23.8. The lowest BCUT2D eigenvalue weighted by atomic mass is 10.0. The number of halogens is 4. The Morgan fingerprint density at radius 3 is 2.47 bits per heavy atom. The van der Waals surface area contributed by atoms with Gasteiger partial charge < -0.3 is 10.2 Å². The van der Waals surface area contributed by atoms with Crippen LogP contribution < -0.4 is 5.32 Å². The van der Waals surface area contributed by atoms with Crippen LogP contribution in [-0.2, 0) is 6.18 Å². The first kappa shape index (κ1) is 20.3. The van der Waals surface area contributed by atoms with Gasteiger partial charge in [0.05, 0.1) is 29.6 Å². The minimum absolute atomic E-state index is 0.0751. The third kappa shape index (κ3) is 3.65. The normalized spacial score (nSPS) is 22.4. The summed E-state index contributed by atoms with van der Waals surface area (Å²) in [5.74, 6) is -0.491. The first-order valence-corrected chi connectivity index (χ1v) is 9.92. The van der Waals surface area contributed by atoms with E-state index < -0.39 is 17.6 Å². The molecule has 1 saturated carbocycles. The summed E-state index contributed by atoms with van der Waals surface area (Å²) in [5.41, 5.74) is -0.429. The molecule has 1 aliphatic carbocycles. The number of piperidine rings is 1. The molecule has 3 heterocycles. The predicted octanol–water partition coefficient (Wildman–Crippen LogP) is 2.93. The van der Waals surface area contributed by atoms with Crippen LogP contribution in [0.1, 0.15) is 28.8 Å². The Kier molecular flexibility index (Phi) is 4.79. The summed E-state index contributed by atoms with van der Waals surface area (Å²) >= 11 is 0. The summed E-state index contributed by atoms with van der Waals surface area (Å²) in [5, 5.41) is 11.1. The largest absolute Gasteiger partial charge is 0.419 e. The standard InChI is InChI=1S/C20H17F4N7O/c21-13-1-2-14(16(7-13)31-27-3-4-28-31)18(32)30-10-11-5-15(17(30)6-11)29-19-25-8-12(9-26-19)20(22,23)24/h1-4,7-9,11,15,17H,5-6,10H2,(H,25,26,29)/t11-,15+,17-/m0/s1. The molecule has 2 aromatic heterocycles. The van der Waals surface area contributed by atoms with Gasteiger partial charge in [0.1, 0.15) is 11.5 Å². The zero-order valence-corrected chi connectivity index (χ0v) is 16.5. The predicted molar refractivity (Wildman–Crippen MR) is 103 cm³/mol. The number of anilines is 1. The number of nitrogens with zero attached hydrogens (tertiary/aromatic N) is 6. The maximum atomic E-state index is 13.8. The van der Waals surface area contributed by atoms with Crippen molar-refractivity contribution in [2.24, 2.45) is 5.92 Å². The quantitative estimate of drug-likeness (QED) is 0.619. The van der Waals surface area contributed by atoms with Gasteiger partial charge in [0.15, 0.2) is 0 Å². The Hall–Kier alpha value is -3.57. The van der Waals surface area contributed by atoms with E-state index in [2.05, 4.69) is 25.5 Å². The molecule has 1 aromatic carbocycles. The molecule has 0 radical (unpaired) electrons. The van der Waals surface area contributed by atoms with Crippen LogP contribution in [0.2, 0.25) is 0 Å². The number of hydrogen-bond acceptors (Lipinski definition) is 6. The molecule has 3 aromatic rings. The van der Waals surface area contributed by atoms with E-state index in [1.807, 2.05) is 0 Å². The molecule has 1 saturated heterocycles. The number of benzene rings is 1. The molecule has 3 atom stereocenters. The van der Waals surface area contributed by atoms with Gasteiger partial charge in [-0.3, -0.25) is 4.79 Å². The smallest absolute Gasteiger partial charge is 0.349 e. The molecule has 1 N–H and O–H groups in total. The van der Waals surface area contributed by atoms with Crippen LogP contribution in [-0.4, -0.2) is 54.4 Å². The number of fused-ring (bicyclic) bond motifs is 2. The van der Waals surface area contributed by atoms with Crippen LogP contribution in [0.3, 0.4) is 0 Å².